The number of nitrogens with zero attached hydrogens (tertiary/aromatic N) is 3. The van der Waals surface area contributed by atoms with E-state index in [1.54, 1.807) is 0 Å². The van der Waals surface area contributed by atoms with Crippen molar-refractivity contribution in [3.63, 3.8) is 0 Å². The molecule has 1 aliphatic carbocycles. The summed E-state index contributed by atoms with van der Waals surface area (Å²) in [7, 11) is 0. The number of ether oxygens (including phenoxy) is 1. The highest BCUT2D eigenvalue weighted by molar-refractivity contribution is 6.32. The molecule has 2 aliphatic rings. The van der Waals surface area contributed by atoms with Crippen LogP contribution >= 0.6 is 11.6 Å². The molecule has 1 fully saturated rings. The maximum absolute atomic E-state index is 6.40. The first-order valence-electron chi connectivity index (χ1n) is 8.48. The number of hydrogen-bond donors (Lipinski definition) is 2. The maximum atomic E-state index is 6.40. The van der Waals surface area contributed by atoms with Gasteiger partial charge in [-0.2, -0.15) is 4.99 Å². The highest BCUT2D eigenvalue weighted by Crippen LogP contribution is 2.41. The number of guanidine groups is 2. The van der Waals surface area contributed by atoms with Gasteiger partial charge in [0.25, 0.3) is 0 Å². The van der Waals surface area contributed by atoms with E-state index in [1.807, 2.05) is 23.1 Å². The van der Waals surface area contributed by atoms with Gasteiger partial charge in [-0.05, 0) is 50.3 Å². The predicted octanol–water partition coefficient (Wildman–Crippen LogP) is 3.24. The zero-order valence-corrected chi connectivity index (χ0v) is 14.7. The number of aliphatic imine (C=N–C) groups is 2. The van der Waals surface area contributed by atoms with Crippen molar-refractivity contribution in [1.82, 2.24) is 0 Å². The Hall–Kier alpha value is -1.95. The molecular weight excluding hydrogens is 326 g/mol. The van der Waals surface area contributed by atoms with Gasteiger partial charge in [-0.1, -0.05) is 24.9 Å². The molecule has 0 bridgehead atoms. The van der Waals surface area contributed by atoms with Crippen LogP contribution in [0.25, 0.3) is 0 Å². The normalized spacial score (nSPS) is 19.8. The van der Waals surface area contributed by atoms with Crippen LogP contribution in [0.2, 0.25) is 5.02 Å². The highest BCUT2D eigenvalue weighted by Gasteiger charge is 2.42. The van der Waals surface area contributed by atoms with Crippen molar-refractivity contribution in [2.45, 2.75) is 51.1 Å². The van der Waals surface area contributed by atoms with Crippen LogP contribution in [0.4, 0.5) is 5.69 Å². The Morgan fingerprint density at radius 3 is 2.67 bits per heavy atom. The van der Waals surface area contributed by atoms with Crippen LogP contribution in [0.15, 0.2) is 28.2 Å². The van der Waals surface area contributed by atoms with E-state index in [0.29, 0.717) is 23.3 Å². The standard InChI is InChI=1S/C17H24ClN5O/c1-2-10-24-14-7-6-12(11-13(14)18)23-16(20)21-15(19)22-17(23)8-4-3-5-9-17/h6-7,11H,2-5,8-10H2,1H3,(H4,19,20,21,22). The second-order valence-corrected chi connectivity index (χ2v) is 6.69. The number of benzene rings is 1. The van der Waals surface area contributed by atoms with Crippen LogP contribution in [0.1, 0.15) is 45.4 Å². The summed E-state index contributed by atoms with van der Waals surface area (Å²) >= 11 is 6.40. The minimum atomic E-state index is -0.455. The molecule has 7 heteroatoms. The fourth-order valence-electron chi connectivity index (χ4n) is 3.45. The van der Waals surface area contributed by atoms with Crippen molar-refractivity contribution in [3.05, 3.63) is 23.2 Å². The number of anilines is 1. The Kier molecular flexibility index (Phi) is 4.85. The molecule has 0 unspecified atom stereocenters. The van der Waals surface area contributed by atoms with Crippen LogP contribution in [0.5, 0.6) is 5.75 Å². The highest BCUT2D eigenvalue weighted by atomic mass is 35.5. The quantitative estimate of drug-likeness (QED) is 0.873. The lowest BCUT2D eigenvalue weighted by atomic mass is 9.87. The van der Waals surface area contributed by atoms with Crippen molar-refractivity contribution < 1.29 is 4.74 Å². The topological polar surface area (TPSA) is 89.2 Å². The zero-order chi connectivity index (χ0) is 17.2. The first-order chi connectivity index (χ1) is 11.6. The van der Waals surface area contributed by atoms with Gasteiger partial charge in [0.15, 0.2) is 0 Å². The van der Waals surface area contributed by atoms with Gasteiger partial charge >= 0.3 is 0 Å². The van der Waals surface area contributed by atoms with Gasteiger partial charge in [0.2, 0.25) is 11.9 Å². The summed E-state index contributed by atoms with van der Waals surface area (Å²) in [5.74, 6) is 1.29. The Bertz CT molecular complexity index is 667. The third kappa shape index (κ3) is 3.15. The third-order valence-electron chi connectivity index (χ3n) is 4.49. The summed E-state index contributed by atoms with van der Waals surface area (Å²) < 4.78 is 5.65. The SMILES string of the molecule is CCCOc1ccc(N2C(N)=NC(N)=NC23CCCCC3)cc1Cl. The summed E-state index contributed by atoms with van der Waals surface area (Å²) in [4.78, 5) is 10.8. The molecule has 0 atom stereocenters. The van der Waals surface area contributed by atoms with Crippen molar-refractivity contribution in [2.75, 3.05) is 11.5 Å². The maximum Gasteiger partial charge on any atom is 0.220 e. The monoisotopic (exact) mass is 349 g/mol. The van der Waals surface area contributed by atoms with Gasteiger partial charge in [-0.25, -0.2) is 4.99 Å². The molecule has 0 saturated heterocycles. The minimum Gasteiger partial charge on any atom is -0.492 e. The first kappa shape index (κ1) is 16.9. The van der Waals surface area contributed by atoms with Crippen LogP contribution in [0.3, 0.4) is 0 Å². The summed E-state index contributed by atoms with van der Waals surface area (Å²) in [5.41, 5.74) is 12.5. The Morgan fingerprint density at radius 2 is 2.00 bits per heavy atom. The summed E-state index contributed by atoms with van der Waals surface area (Å²) in [5, 5.41) is 0.558. The van der Waals surface area contributed by atoms with Gasteiger partial charge in [0, 0.05) is 5.69 Å². The number of nitrogens with two attached hydrogens (primary N) is 2. The number of halogens is 1. The van der Waals surface area contributed by atoms with Gasteiger partial charge in [0.05, 0.1) is 11.6 Å². The first-order valence-corrected chi connectivity index (χ1v) is 8.85. The van der Waals surface area contributed by atoms with Crippen LogP contribution in [-0.2, 0) is 0 Å². The van der Waals surface area contributed by atoms with Gasteiger partial charge in [-0.15, -0.1) is 0 Å². The summed E-state index contributed by atoms with van der Waals surface area (Å²) in [6.07, 6.45) is 6.11. The molecule has 1 aliphatic heterocycles. The van der Waals surface area contributed by atoms with E-state index in [-0.39, 0.29) is 5.96 Å². The van der Waals surface area contributed by atoms with E-state index in [1.165, 1.54) is 6.42 Å². The van der Waals surface area contributed by atoms with Gasteiger partial charge < -0.3 is 16.2 Å². The lowest BCUT2D eigenvalue weighted by molar-refractivity contribution is 0.305. The van der Waals surface area contributed by atoms with Crippen molar-refractivity contribution in [1.29, 1.82) is 0 Å². The smallest absolute Gasteiger partial charge is 0.220 e. The molecule has 0 amide bonds. The molecule has 0 aromatic heterocycles. The van der Waals surface area contributed by atoms with E-state index in [9.17, 15) is 0 Å². The fraction of sp³-hybridized carbons (Fsp3) is 0.529. The summed E-state index contributed by atoms with van der Waals surface area (Å²) in [6, 6.07) is 5.69. The van der Waals surface area contributed by atoms with E-state index < -0.39 is 5.66 Å². The third-order valence-corrected chi connectivity index (χ3v) is 4.78. The number of hydrogen-bond acceptors (Lipinski definition) is 6. The lowest BCUT2D eigenvalue weighted by Gasteiger charge is -2.45. The minimum absolute atomic E-state index is 0.250. The van der Waals surface area contributed by atoms with Crippen LogP contribution in [-0.4, -0.2) is 24.2 Å². The molecular formula is C17H24ClN5O. The molecule has 24 heavy (non-hydrogen) atoms. The largest absolute Gasteiger partial charge is 0.492 e. The van der Waals surface area contributed by atoms with E-state index in [2.05, 4.69) is 16.9 Å². The zero-order valence-electron chi connectivity index (χ0n) is 14.0. The van der Waals surface area contributed by atoms with Crippen molar-refractivity contribution in [2.24, 2.45) is 21.5 Å². The Morgan fingerprint density at radius 1 is 1.25 bits per heavy atom. The molecule has 3 rings (SSSR count). The lowest BCUT2D eigenvalue weighted by Crippen LogP contribution is -2.58. The van der Waals surface area contributed by atoms with Crippen molar-refractivity contribution >= 4 is 29.2 Å². The fourth-order valence-corrected chi connectivity index (χ4v) is 3.68. The number of rotatable bonds is 4. The molecule has 1 aromatic rings. The van der Waals surface area contributed by atoms with Gasteiger partial charge in [-0.3, -0.25) is 4.90 Å². The molecule has 1 aromatic carbocycles. The molecule has 130 valence electrons. The molecule has 6 nitrogen and oxygen atoms in total. The predicted molar refractivity (Wildman–Crippen MR) is 98.8 cm³/mol. The molecule has 1 spiro atoms. The average Bonchev–Trinajstić information content (AvgIpc) is 2.54. The molecule has 1 heterocycles. The average molecular weight is 350 g/mol. The summed E-state index contributed by atoms with van der Waals surface area (Å²) in [6.45, 7) is 2.69. The van der Waals surface area contributed by atoms with Crippen molar-refractivity contribution in [3.8, 4) is 5.75 Å². The van der Waals surface area contributed by atoms with Crippen LogP contribution in [0, 0.1) is 0 Å². The second-order valence-electron chi connectivity index (χ2n) is 6.28. The Balaban J connectivity index is 1.96. The Labute approximate surface area is 147 Å². The molecule has 4 N–H and O–H groups in total. The second kappa shape index (κ2) is 6.89. The van der Waals surface area contributed by atoms with E-state index in [4.69, 9.17) is 27.8 Å². The molecule has 0 radical (unpaired) electrons. The molecule has 1 saturated carbocycles. The van der Waals surface area contributed by atoms with Gasteiger partial charge in [0.1, 0.15) is 11.4 Å². The van der Waals surface area contributed by atoms with E-state index >= 15 is 0 Å². The van der Waals surface area contributed by atoms with E-state index in [0.717, 1.165) is 37.8 Å². The van der Waals surface area contributed by atoms with Crippen LogP contribution < -0.4 is 21.1 Å².